The molecule has 1 heterocycles. The molecule has 96 valence electrons. The van der Waals surface area contributed by atoms with Crippen LogP contribution in [0.1, 0.15) is 13.3 Å². The molecule has 0 saturated carbocycles. The van der Waals surface area contributed by atoms with Crippen LogP contribution in [0.25, 0.3) is 0 Å². The van der Waals surface area contributed by atoms with Gasteiger partial charge >= 0.3 is 5.97 Å². The highest BCUT2D eigenvalue weighted by molar-refractivity contribution is 7.99. The second-order valence-corrected chi connectivity index (χ2v) is 4.75. The standard InChI is InChI=1S/C11H19N3O2S/c1-4-16-11(15)10(12-2)5-6-17-9-7-13-14(3)8-9/h7-8,10,12H,4-6H2,1-3H3. The Morgan fingerprint density at radius 2 is 2.47 bits per heavy atom. The van der Waals surface area contributed by atoms with Crippen molar-refractivity contribution in [1.29, 1.82) is 0 Å². The van der Waals surface area contributed by atoms with Crippen molar-refractivity contribution in [2.24, 2.45) is 7.05 Å². The molecule has 0 saturated heterocycles. The Bertz CT molecular complexity index is 354. The van der Waals surface area contributed by atoms with Crippen LogP contribution < -0.4 is 5.32 Å². The van der Waals surface area contributed by atoms with Crippen molar-refractivity contribution in [3.8, 4) is 0 Å². The first-order valence-corrected chi connectivity index (χ1v) is 6.61. The summed E-state index contributed by atoms with van der Waals surface area (Å²) < 4.78 is 6.74. The van der Waals surface area contributed by atoms with Crippen molar-refractivity contribution in [2.45, 2.75) is 24.3 Å². The minimum absolute atomic E-state index is 0.179. The smallest absolute Gasteiger partial charge is 0.323 e. The molecule has 5 nitrogen and oxygen atoms in total. The monoisotopic (exact) mass is 257 g/mol. The van der Waals surface area contributed by atoms with E-state index in [0.29, 0.717) is 6.61 Å². The Kier molecular flexibility index (Phi) is 6.07. The van der Waals surface area contributed by atoms with Crippen LogP contribution in [0.3, 0.4) is 0 Å². The molecular weight excluding hydrogens is 238 g/mol. The number of carbonyl (C=O) groups is 1. The van der Waals surface area contributed by atoms with Gasteiger partial charge in [-0.1, -0.05) is 0 Å². The van der Waals surface area contributed by atoms with E-state index >= 15 is 0 Å². The number of likely N-dealkylation sites (N-methyl/N-ethyl adjacent to an activating group) is 1. The van der Waals surface area contributed by atoms with E-state index < -0.39 is 0 Å². The first kappa shape index (κ1) is 14.1. The fraction of sp³-hybridized carbons (Fsp3) is 0.636. The lowest BCUT2D eigenvalue weighted by molar-refractivity contribution is -0.145. The maximum atomic E-state index is 11.5. The number of aromatic nitrogens is 2. The number of hydrogen-bond acceptors (Lipinski definition) is 5. The Balaban J connectivity index is 2.30. The third kappa shape index (κ3) is 4.79. The molecule has 0 fully saturated rings. The summed E-state index contributed by atoms with van der Waals surface area (Å²) in [6.07, 6.45) is 4.53. The number of thioether (sulfide) groups is 1. The lowest BCUT2D eigenvalue weighted by Crippen LogP contribution is -2.36. The summed E-state index contributed by atoms with van der Waals surface area (Å²) in [7, 11) is 3.66. The molecule has 0 aliphatic heterocycles. The highest BCUT2D eigenvalue weighted by Crippen LogP contribution is 2.18. The number of carbonyl (C=O) groups excluding carboxylic acids is 1. The van der Waals surface area contributed by atoms with E-state index in [1.165, 1.54) is 0 Å². The number of ether oxygens (including phenoxy) is 1. The maximum Gasteiger partial charge on any atom is 0.323 e. The van der Waals surface area contributed by atoms with Crippen LogP contribution >= 0.6 is 11.8 Å². The van der Waals surface area contributed by atoms with Gasteiger partial charge in [0.25, 0.3) is 0 Å². The van der Waals surface area contributed by atoms with E-state index in [-0.39, 0.29) is 12.0 Å². The zero-order valence-electron chi connectivity index (χ0n) is 10.5. The van der Waals surface area contributed by atoms with Crippen LogP contribution in [0.4, 0.5) is 0 Å². The molecule has 1 atom stereocenters. The SMILES string of the molecule is CCOC(=O)C(CCSc1cnn(C)c1)NC. The molecule has 0 aliphatic rings. The van der Waals surface area contributed by atoms with Gasteiger partial charge in [-0.25, -0.2) is 0 Å². The molecule has 0 spiro atoms. The number of hydrogen-bond donors (Lipinski definition) is 1. The van der Waals surface area contributed by atoms with Gasteiger partial charge in [-0.3, -0.25) is 9.48 Å². The van der Waals surface area contributed by atoms with Gasteiger partial charge in [0.1, 0.15) is 6.04 Å². The Labute approximate surface area is 106 Å². The van der Waals surface area contributed by atoms with Gasteiger partial charge in [0.2, 0.25) is 0 Å². The van der Waals surface area contributed by atoms with Crippen LogP contribution in [0.5, 0.6) is 0 Å². The summed E-state index contributed by atoms with van der Waals surface area (Å²) in [5.74, 6) is 0.678. The van der Waals surface area contributed by atoms with Gasteiger partial charge < -0.3 is 10.1 Å². The summed E-state index contributed by atoms with van der Waals surface area (Å²) in [5.41, 5.74) is 0. The summed E-state index contributed by atoms with van der Waals surface area (Å²) in [4.78, 5) is 12.6. The van der Waals surface area contributed by atoms with Gasteiger partial charge in [-0.05, 0) is 20.4 Å². The highest BCUT2D eigenvalue weighted by atomic mass is 32.2. The number of aryl methyl sites for hydroxylation is 1. The fourth-order valence-corrected chi connectivity index (χ4v) is 2.33. The van der Waals surface area contributed by atoms with Gasteiger partial charge in [0, 0.05) is 23.9 Å². The predicted octanol–water partition coefficient (Wildman–Crippen LogP) is 1.05. The van der Waals surface area contributed by atoms with Crippen LogP contribution in [-0.2, 0) is 16.6 Å². The second kappa shape index (κ2) is 7.34. The average molecular weight is 257 g/mol. The molecule has 0 bridgehead atoms. The van der Waals surface area contributed by atoms with Crippen LogP contribution in [-0.4, -0.2) is 41.2 Å². The predicted molar refractivity (Wildman–Crippen MR) is 68.0 cm³/mol. The number of nitrogens with one attached hydrogen (secondary N) is 1. The van der Waals surface area contributed by atoms with Crippen molar-refractivity contribution in [1.82, 2.24) is 15.1 Å². The van der Waals surface area contributed by atoms with E-state index in [1.54, 1.807) is 23.5 Å². The quantitative estimate of drug-likeness (QED) is 0.584. The third-order valence-electron chi connectivity index (χ3n) is 2.28. The molecule has 0 radical (unpaired) electrons. The van der Waals surface area contributed by atoms with Gasteiger partial charge in [0.15, 0.2) is 0 Å². The molecule has 0 aliphatic carbocycles. The van der Waals surface area contributed by atoms with E-state index in [4.69, 9.17) is 4.74 Å². The molecular formula is C11H19N3O2S. The zero-order chi connectivity index (χ0) is 12.7. The minimum Gasteiger partial charge on any atom is -0.465 e. The highest BCUT2D eigenvalue weighted by Gasteiger charge is 2.16. The normalized spacial score (nSPS) is 12.4. The number of nitrogens with zero attached hydrogens (tertiary/aromatic N) is 2. The lowest BCUT2D eigenvalue weighted by atomic mass is 10.2. The molecule has 0 amide bonds. The number of rotatable bonds is 7. The Morgan fingerprint density at radius 1 is 1.71 bits per heavy atom. The van der Waals surface area contributed by atoms with E-state index in [0.717, 1.165) is 17.1 Å². The Morgan fingerprint density at radius 3 is 3.00 bits per heavy atom. The molecule has 17 heavy (non-hydrogen) atoms. The number of esters is 1. The molecule has 1 aromatic rings. The van der Waals surface area contributed by atoms with Crippen LogP contribution in [0.15, 0.2) is 17.3 Å². The minimum atomic E-state index is -0.223. The molecule has 1 aromatic heterocycles. The van der Waals surface area contributed by atoms with Gasteiger partial charge in [-0.2, -0.15) is 5.10 Å². The maximum absolute atomic E-state index is 11.5. The van der Waals surface area contributed by atoms with Crippen molar-refractivity contribution in [2.75, 3.05) is 19.4 Å². The van der Waals surface area contributed by atoms with Crippen molar-refractivity contribution in [3.05, 3.63) is 12.4 Å². The third-order valence-corrected chi connectivity index (χ3v) is 3.26. The average Bonchev–Trinajstić information content (AvgIpc) is 2.71. The van der Waals surface area contributed by atoms with Crippen molar-refractivity contribution in [3.63, 3.8) is 0 Å². The molecule has 1 N–H and O–H groups in total. The van der Waals surface area contributed by atoms with Gasteiger partial charge in [-0.15, -0.1) is 11.8 Å². The summed E-state index contributed by atoms with van der Waals surface area (Å²) >= 11 is 1.69. The van der Waals surface area contributed by atoms with Crippen LogP contribution in [0.2, 0.25) is 0 Å². The second-order valence-electron chi connectivity index (χ2n) is 3.58. The van der Waals surface area contributed by atoms with Crippen LogP contribution in [0, 0.1) is 0 Å². The molecule has 0 aromatic carbocycles. The van der Waals surface area contributed by atoms with E-state index in [9.17, 15) is 4.79 Å². The van der Waals surface area contributed by atoms with E-state index in [1.807, 2.05) is 26.4 Å². The lowest BCUT2D eigenvalue weighted by Gasteiger charge is -2.13. The molecule has 1 unspecified atom stereocenters. The Hall–Kier alpha value is -1.01. The molecule has 6 heteroatoms. The first-order chi connectivity index (χ1) is 8.17. The largest absolute Gasteiger partial charge is 0.465 e. The first-order valence-electron chi connectivity index (χ1n) is 5.62. The summed E-state index contributed by atoms with van der Waals surface area (Å²) in [6, 6.07) is -0.223. The van der Waals surface area contributed by atoms with E-state index in [2.05, 4.69) is 10.4 Å². The summed E-state index contributed by atoms with van der Waals surface area (Å²) in [5, 5.41) is 7.06. The summed E-state index contributed by atoms with van der Waals surface area (Å²) in [6.45, 7) is 2.24. The molecule has 1 rings (SSSR count). The fourth-order valence-electron chi connectivity index (χ4n) is 1.39. The van der Waals surface area contributed by atoms with Gasteiger partial charge in [0.05, 0.1) is 12.8 Å². The van der Waals surface area contributed by atoms with Crippen molar-refractivity contribution >= 4 is 17.7 Å². The van der Waals surface area contributed by atoms with Crippen molar-refractivity contribution < 1.29 is 9.53 Å². The zero-order valence-corrected chi connectivity index (χ0v) is 11.3. The topological polar surface area (TPSA) is 56.1 Å².